The lowest BCUT2D eigenvalue weighted by atomic mass is 10.2. The summed E-state index contributed by atoms with van der Waals surface area (Å²) < 4.78 is 3.59. The molecule has 0 saturated heterocycles. The van der Waals surface area contributed by atoms with Gasteiger partial charge in [-0.05, 0) is 36.4 Å². The van der Waals surface area contributed by atoms with Gasteiger partial charge in [-0.15, -0.1) is 0 Å². The molecule has 1 amide bonds. The molecule has 0 aromatic heterocycles. The van der Waals surface area contributed by atoms with Gasteiger partial charge in [0, 0.05) is 15.6 Å². The van der Waals surface area contributed by atoms with Gasteiger partial charge < -0.3 is 10.1 Å². The molecule has 0 radical (unpaired) electrons. The summed E-state index contributed by atoms with van der Waals surface area (Å²) in [6.45, 7) is 0. The van der Waals surface area contributed by atoms with Crippen molar-refractivity contribution < 1.29 is 9.53 Å². The van der Waals surface area contributed by atoms with Crippen molar-refractivity contribution in [2.24, 2.45) is 0 Å². The molecule has 2 aromatic carbocycles. The Kier molecular flexibility index (Phi) is 6.77. The highest BCUT2D eigenvalue weighted by Gasteiger charge is 2.36. The van der Waals surface area contributed by atoms with Gasteiger partial charge in [-0.1, -0.05) is 75.7 Å². The molecule has 0 spiro atoms. The SMILES string of the molecule is O=C(NC(Oc1ccc(Cl)cc1Cl)C(Cl)(Cl)Cl)c1cccc(Cl)c1. The lowest BCUT2D eigenvalue weighted by Gasteiger charge is -2.26. The van der Waals surface area contributed by atoms with E-state index < -0.39 is 15.9 Å². The summed E-state index contributed by atoms with van der Waals surface area (Å²) >= 11 is 35.4. The van der Waals surface area contributed by atoms with Crippen LogP contribution in [0.5, 0.6) is 5.75 Å². The molecule has 0 aliphatic rings. The Bertz CT molecular complexity index is 747. The first-order chi connectivity index (χ1) is 11.2. The fourth-order valence-electron chi connectivity index (χ4n) is 1.71. The largest absolute Gasteiger partial charge is 0.464 e. The van der Waals surface area contributed by atoms with Crippen LogP contribution in [-0.4, -0.2) is 15.9 Å². The van der Waals surface area contributed by atoms with Crippen LogP contribution < -0.4 is 10.1 Å². The molecule has 1 N–H and O–H groups in total. The summed E-state index contributed by atoms with van der Waals surface area (Å²) in [7, 11) is 0. The predicted octanol–water partition coefficient (Wildman–Crippen LogP) is 6.15. The van der Waals surface area contributed by atoms with Crippen LogP contribution in [0.25, 0.3) is 0 Å². The molecule has 1 atom stereocenters. The molecule has 0 aliphatic carbocycles. The number of carbonyl (C=O) groups excluding carboxylic acids is 1. The molecule has 24 heavy (non-hydrogen) atoms. The quantitative estimate of drug-likeness (QED) is 0.450. The molecule has 2 rings (SSSR count). The zero-order chi connectivity index (χ0) is 17.9. The van der Waals surface area contributed by atoms with Gasteiger partial charge in [0.2, 0.25) is 10.0 Å². The number of carbonyl (C=O) groups is 1. The first-order valence-corrected chi connectivity index (χ1v) is 8.68. The molecular weight excluding hydrogens is 439 g/mol. The van der Waals surface area contributed by atoms with Gasteiger partial charge in [0.25, 0.3) is 5.91 Å². The second-order valence-electron chi connectivity index (χ2n) is 4.60. The number of hydrogen-bond donors (Lipinski definition) is 1. The Balaban J connectivity index is 2.21. The zero-order valence-corrected chi connectivity index (χ0v) is 16.2. The molecule has 0 bridgehead atoms. The van der Waals surface area contributed by atoms with Gasteiger partial charge in [0.05, 0.1) is 5.02 Å². The Hall–Kier alpha value is -0.550. The third kappa shape index (κ3) is 5.48. The van der Waals surface area contributed by atoms with E-state index >= 15 is 0 Å². The van der Waals surface area contributed by atoms with E-state index in [4.69, 9.17) is 74.3 Å². The van der Waals surface area contributed by atoms with Gasteiger partial charge in [-0.3, -0.25) is 4.79 Å². The Morgan fingerprint density at radius 3 is 2.25 bits per heavy atom. The van der Waals surface area contributed by atoms with Crippen LogP contribution >= 0.6 is 69.6 Å². The summed E-state index contributed by atoms with van der Waals surface area (Å²) in [6, 6.07) is 10.8. The third-order valence-electron chi connectivity index (χ3n) is 2.79. The van der Waals surface area contributed by atoms with Crippen LogP contribution in [0, 0.1) is 0 Å². The summed E-state index contributed by atoms with van der Waals surface area (Å²) in [4.78, 5) is 12.3. The van der Waals surface area contributed by atoms with Crippen molar-refractivity contribution in [3.63, 3.8) is 0 Å². The molecule has 128 valence electrons. The maximum Gasteiger partial charge on any atom is 0.254 e. The average molecular weight is 448 g/mol. The molecular formula is C15H9Cl6NO2. The van der Waals surface area contributed by atoms with Gasteiger partial charge in [0.15, 0.2) is 0 Å². The van der Waals surface area contributed by atoms with Gasteiger partial charge in [-0.25, -0.2) is 0 Å². The van der Waals surface area contributed by atoms with Crippen molar-refractivity contribution in [2.45, 2.75) is 10.0 Å². The maximum absolute atomic E-state index is 12.3. The van der Waals surface area contributed by atoms with E-state index in [1.807, 2.05) is 0 Å². The van der Waals surface area contributed by atoms with E-state index in [1.54, 1.807) is 24.3 Å². The third-order valence-corrected chi connectivity index (χ3v) is 4.15. The normalized spacial score (nSPS) is 12.6. The minimum atomic E-state index is -1.95. The van der Waals surface area contributed by atoms with Crippen molar-refractivity contribution >= 4 is 75.5 Å². The smallest absolute Gasteiger partial charge is 0.254 e. The number of nitrogens with one attached hydrogen (secondary N) is 1. The van der Waals surface area contributed by atoms with E-state index in [-0.39, 0.29) is 16.3 Å². The first-order valence-electron chi connectivity index (χ1n) is 6.41. The molecule has 0 aliphatic heterocycles. The number of amides is 1. The van der Waals surface area contributed by atoms with Crippen LogP contribution in [-0.2, 0) is 0 Å². The molecule has 0 heterocycles. The molecule has 2 aromatic rings. The summed E-state index contributed by atoms with van der Waals surface area (Å²) in [6.07, 6.45) is -1.30. The van der Waals surface area contributed by atoms with Crippen molar-refractivity contribution in [3.05, 3.63) is 63.1 Å². The highest BCUT2D eigenvalue weighted by Crippen LogP contribution is 2.35. The van der Waals surface area contributed by atoms with E-state index in [1.165, 1.54) is 18.2 Å². The number of alkyl halides is 3. The Morgan fingerprint density at radius 1 is 1.00 bits per heavy atom. The first kappa shape index (κ1) is 19.8. The monoisotopic (exact) mass is 445 g/mol. The summed E-state index contributed by atoms with van der Waals surface area (Å²) in [5.74, 6) is -0.331. The van der Waals surface area contributed by atoms with Gasteiger partial charge in [-0.2, -0.15) is 0 Å². The molecule has 1 unspecified atom stereocenters. The fraction of sp³-hybridized carbons (Fsp3) is 0.133. The van der Waals surface area contributed by atoms with Crippen LogP contribution in [0.3, 0.4) is 0 Å². The summed E-state index contributed by atoms with van der Waals surface area (Å²) in [5, 5.41) is 3.51. The number of halogens is 6. The predicted molar refractivity (Wildman–Crippen MR) is 100 cm³/mol. The Labute approximate surface area is 168 Å². The molecule has 0 saturated carbocycles. The van der Waals surface area contributed by atoms with Crippen molar-refractivity contribution in [1.82, 2.24) is 5.32 Å². The van der Waals surface area contributed by atoms with Crippen LogP contribution in [0.4, 0.5) is 0 Å². The van der Waals surface area contributed by atoms with Crippen molar-refractivity contribution in [3.8, 4) is 5.75 Å². The van der Waals surface area contributed by atoms with Gasteiger partial charge >= 0.3 is 0 Å². The van der Waals surface area contributed by atoms with Crippen LogP contribution in [0.1, 0.15) is 10.4 Å². The van der Waals surface area contributed by atoms with Gasteiger partial charge in [0.1, 0.15) is 5.75 Å². The standard InChI is InChI=1S/C15H9Cl6NO2/c16-9-3-1-2-8(6-9)13(23)22-14(15(19,20)21)24-12-5-4-10(17)7-11(12)18/h1-7,14H,(H,22,23). The second kappa shape index (κ2) is 8.22. The minimum Gasteiger partial charge on any atom is -0.464 e. The molecule has 3 nitrogen and oxygen atoms in total. The summed E-state index contributed by atoms with van der Waals surface area (Å²) in [5.41, 5.74) is 0.285. The van der Waals surface area contributed by atoms with Crippen molar-refractivity contribution in [2.75, 3.05) is 0 Å². The van der Waals surface area contributed by atoms with Crippen LogP contribution in [0.2, 0.25) is 15.1 Å². The fourth-order valence-corrected chi connectivity index (χ4v) is 2.65. The van der Waals surface area contributed by atoms with E-state index in [2.05, 4.69) is 5.32 Å². The maximum atomic E-state index is 12.3. The van der Waals surface area contributed by atoms with Crippen LogP contribution in [0.15, 0.2) is 42.5 Å². The van der Waals surface area contributed by atoms with Crippen molar-refractivity contribution in [1.29, 1.82) is 0 Å². The average Bonchev–Trinajstić information content (AvgIpc) is 2.48. The second-order valence-corrected chi connectivity index (χ2v) is 8.25. The van der Waals surface area contributed by atoms with E-state index in [0.717, 1.165) is 0 Å². The number of rotatable bonds is 4. The number of hydrogen-bond acceptors (Lipinski definition) is 2. The molecule has 0 fully saturated rings. The number of benzene rings is 2. The highest BCUT2D eigenvalue weighted by molar-refractivity contribution is 6.68. The lowest BCUT2D eigenvalue weighted by molar-refractivity contribution is 0.0833. The lowest BCUT2D eigenvalue weighted by Crippen LogP contribution is -2.47. The highest BCUT2D eigenvalue weighted by atomic mass is 35.6. The minimum absolute atomic E-state index is 0.198. The zero-order valence-electron chi connectivity index (χ0n) is 11.7. The number of ether oxygens (including phenoxy) is 1. The topological polar surface area (TPSA) is 38.3 Å². The van der Waals surface area contributed by atoms with E-state index in [9.17, 15) is 4.79 Å². The Morgan fingerprint density at radius 2 is 1.67 bits per heavy atom. The van der Waals surface area contributed by atoms with E-state index in [0.29, 0.717) is 10.0 Å². The molecule has 9 heteroatoms.